The molecule has 2 rings (SSSR count). The predicted octanol–water partition coefficient (Wildman–Crippen LogP) is 2.89. The minimum absolute atomic E-state index is 0.0161. The summed E-state index contributed by atoms with van der Waals surface area (Å²) in [5, 5.41) is 9.12. The first kappa shape index (κ1) is 16.5. The molecule has 1 aliphatic rings. The zero-order valence-corrected chi connectivity index (χ0v) is 13.6. The lowest BCUT2D eigenvalue weighted by Gasteiger charge is -2.38. The van der Waals surface area contributed by atoms with Gasteiger partial charge in [0, 0.05) is 13.1 Å². The highest BCUT2D eigenvalue weighted by Crippen LogP contribution is 2.36. The molecule has 0 aromatic heterocycles. The van der Waals surface area contributed by atoms with Crippen LogP contribution in [0.5, 0.6) is 0 Å². The van der Waals surface area contributed by atoms with Crippen LogP contribution in [0.1, 0.15) is 37.3 Å². The second-order valence-corrected chi connectivity index (χ2v) is 6.33. The van der Waals surface area contributed by atoms with E-state index in [1.807, 2.05) is 7.05 Å². The Morgan fingerprint density at radius 2 is 1.82 bits per heavy atom. The van der Waals surface area contributed by atoms with E-state index in [2.05, 4.69) is 38.1 Å². The number of nitrogens with zero attached hydrogens (tertiary/aromatic N) is 1. The molecule has 0 radical (unpaired) electrons. The molecule has 3 atom stereocenters. The number of likely N-dealkylation sites (N-methyl/N-ethyl adjacent to an activating group) is 1. The summed E-state index contributed by atoms with van der Waals surface area (Å²) in [6.07, 6.45) is 2.99. The summed E-state index contributed by atoms with van der Waals surface area (Å²) < 4.78 is 0. The minimum Gasteiger partial charge on any atom is -0.481 e. The first-order valence-corrected chi connectivity index (χ1v) is 7.99. The smallest absolute Gasteiger partial charge is 0.307 e. The molecule has 22 heavy (non-hydrogen) atoms. The molecule has 1 aliphatic carbocycles. The number of benzene rings is 1. The molecule has 1 N–H and O–H groups in total. The van der Waals surface area contributed by atoms with E-state index >= 15 is 0 Å². The molecule has 0 saturated heterocycles. The third-order valence-electron chi connectivity index (χ3n) is 4.87. The van der Waals surface area contributed by atoms with Crippen molar-refractivity contribution in [2.45, 2.75) is 45.6 Å². The summed E-state index contributed by atoms with van der Waals surface area (Å²) in [6, 6.07) is 8.47. The number of aryl methyl sites for hydroxylation is 1. The molecule has 1 aromatic rings. The highest BCUT2D eigenvalue weighted by Gasteiger charge is 2.43. The number of amides is 1. The maximum atomic E-state index is 12.5. The lowest BCUT2D eigenvalue weighted by Crippen LogP contribution is -2.48. The Kier molecular flexibility index (Phi) is 5.22. The highest BCUT2D eigenvalue weighted by atomic mass is 16.4. The molecule has 0 bridgehead atoms. The van der Waals surface area contributed by atoms with Crippen LogP contribution in [0.2, 0.25) is 0 Å². The molecule has 4 heteroatoms. The quantitative estimate of drug-likeness (QED) is 0.879. The van der Waals surface area contributed by atoms with Gasteiger partial charge in [-0.2, -0.15) is 0 Å². The molecule has 0 heterocycles. The summed E-state index contributed by atoms with van der Waals surface area (Å²) in [6.45, 7) is 4.12. The predicted molar refractivity (Wildman–Crippen MR) is 85.6 cm³/mol. The lowest BCUT2D eigenvalue weighted by molar-refractivity contribution is -0.157. The highest BCUT2D eigenvalue weighted by molar-refractivity contribution is 5.86. The van der Waals surface area contributed by atoms with Crippen molar-refractivity contribution in [1.29, 1.82) is 0 Å². The van der Waals surface area contributed by atoms with Crippen LogP contribution in [0.3, 0.4) is 0 Å². The van der Waals surface area contributed by atoms with Crippen molar-refractivity contribution >= 4 is 11.9 Å². The minimum atomic E-state index is -0.843. The van der Waals surface area contributed by atoms with Gasteiger partial charge in [0.15, 0.2) is 0 Å². The van der Waals surface area contributed by atoms with Crippen molar-refractivity contribution in [2.24, 2.45) is 11.8 Å². The van der Waals surface area contributed by atoms with Crippen LogP contribution in [-0.2, 0) is 16.0 Å². The number of carboxylic acid groups (broad SMARTS) is 1. The van der Waals surface area contributed by atoms with Crippen LogP contribution in [0, 0.1) is 18.8 Å². The van der Waals surface area contributed by atoms with Gasteiger partial charge in [-0.25, -0.2) is 0 Å². The Labute approximate surface area is 132 Å². The number of hydrogen-bond donors (Lipinski definition) is 1. The Morgan fingerprint density at radius 3 is 2.27 bits per heavy atom. The molecule has 1 aromatic carbocycles. The zero-order chi connectivity index (χ0) is 16.3. The van der Waals surface area contributed by atoms with Crippen LogP contribution < -0.4 is 0 Å². The monoisotopic (exact) mass is 303 g/mol. The van der Waals surface area contributed by atoms with Gasteiger partial charge in [-0.3, -0.25) is 9.59 Å². The topological polar surface area (TPSA) is 57.6 Å². The Balaban J connectivity index is 2.02. The third-order valence-corrected chi connectivity index (χ3v) is 4.87. The van der Waals surface area contributed by atoms with Crippen molar-refractivity contribution in [3.05, 3.63) is 35.4 Å². The fraction of sp³-hybridized carbons (Fsp3) is 0.556. The average Bonchev–Trinajstić information content (AvgIpc) is 2.44. The average molecular weight is 303 g/mol. The van der Waals surface area contributed by atoms with Crippen molar-refractivity contribution in [1.82, 2.24) is 4.90 Å². The van der Waals surface area contributed by atoms with Gasteiger partial charge in [-0.1, -0.05) is 36.8 Å². The summed E-state index contributed by atoms with van der Waals surface area (Å²) in [5.74, 6) is -1.69. The first-order valence-electron chi connectivity index (χ1n) is 7.99. The Hall–Kier alpha value is -1.84. The molecule has 1 amide bonds. The number of carboxylic acids is 1. The van der Waals surface area contributed by atoms with Crippen LogP contribution in [0.15, 0.2) is 24.3 Å². The van der Waals surface area contributed by atoms with Crippen molar-refractivity contribution < 1.29 is 14.7 Å². The molecule has 0 spiro atoms. The third kappa shape index (κ3) is 3.49. The maximum absolute atomic E-state index is 12.5. The first-order chi connectivity index (χ1) is 10.4. The molecule has 0 aliphatic heterocycles. The summed E-state index contributed by atoms with van der Waals surface area (Å²) in [5.41, 5.74) is 2.43. The number of rotatable bonds is 6. The molecule has 1 saturated carbocycles. The van der Waals surface area contributed by atoms with E-state index < -0.39 is 11.9 Å². The molecule has 3 unspecified atom stereocenters. The maximum Gasteiger partial charge on any atom is 0.307 e. The Morgan fingerprint density at radius 1 is 1.23 bits per heavy atom. The summed E-state index contributed by atoms with van der Waals surface area (Å²) in [4.78, 5) is 25.4. The SMILES string of the molecule is CCC(Cc1ccc(C)cc1)N(C)C(=O)C1CCC1C(=O)O. The van der Waals surface area contributed by atoms with Gasteiger partial charge in [0.1, 0.15) is 0 Å². The molecule has 120 valence electrons. The normalized spacial score (nSPS) is 21.8. The van der Waals surface area contributed by atoms with E-state index in [4.69, 9.17) is 5.11 Å². The van der Waals surface area contributed by atoms with Gasteiger partial charge in [-0.05, 0) is 38.2 Å². The van der Waals surface area contributed by atoms with Crippen molar-refractivity contribution in [3.8, 4) is 0 Å². The summed E-state index contributed by atoms with van der Waals surface area (Å²) in [7, 11) is 1.81. The van der Waals surface area contributed by atoms with E-state index in [-0.39, 0.29) is 17.9 Å². The number of hydrogen-bond acceptors (Lipinski definition) is 2. The molecular weight excluding hydrogens is 278 g/mol. The molecule has 1 fully saturated rings. The van der Waals surface area contributed by atoms with E-state index in [0.29, 0.717) is 12.8 Å². The largest absolute Gasteiger partial charge is 0.481 e. The molecule has 4 nitrogen and oxygen atoms in total. The second-order valence-electron chi connectivity index (χ2n) is 6.33. The van der Waals surface area contributed by atoms with Crippen molar-refractivity contribution in [2.75, 3.05) is 7.05 Å². The molecular formula is C18H25NO3. The van der Waals surface area contributed by atoms with Gasteiger partial charge < -0.3 is 10.0 Å². The number of carbonyl (C=O) groups is 2. The zero-order valence-electron chi connectivity index (χ0n) is 13.6. The lowest BCUT2D eigenvalue weighted by atomic mass is 9.72. The van der Waals surface area contributed by atoms with Crippen LogP contribution in [0.4, 0.5) is 0 Å². The van der Waals surface area contributed by atoms with Gasteiger partial charge in [-0.15, -0.1) is 0 Å². The summed E-state index contributed by atoms with van der Waals surface area (Å²) >= 11 is 0. The number of aliphatic carboxylic acids is 1. The standard InChI is InChI=1S/C18H25NO3/c1-4-14(11-13-7-5-12(2)6-8-13)19(3)17(20)15-9-10-16(15)18(21)22/h5-8,14-16H,4,9-11H2,1-3H3,(H,21,22). The van der Waals surface area contributed by atoms with Gasteiger partial charge in [0.25, 0.3) is 0 Å². The second kappa shape index (κ2) is 6.95. The van der Waals surface area contributed by atoms with Crippen LogP contribution >= 0.6 is 0 Å². The van der Waals surface area contributed by atoms with Gasteiger partial charge in [0.2, 0.25) is 5.91 Å². The van der Waals surface area contributed by atoms with Crippen LogP contribution in [0.25, 0.3) is 0 Å². The Bertz CT molecular complexity index is 538. The van der Waals surface area contributed by atoms with Crippen LogP contribution in [-0.4, -0.2) is 35.0 Å². The van der Waals surface area contributed by atoms with Gasteiger partial charge in [0.05, 0.1) is 11.8 Å². The van der Waals surface area contributed by atoms with Gasteiger partial charge >= 0.3 is 5.97 Å². The van der Waals surface area contributed by atoms with E-state index in [0.717, 1.165) is 12.8 Å². The number of carbonyl (C=O) groups excluding carboxylic acids is 1. The fourth-order valence-electron chi connectivity index (χ4n) is 3.08. The fourth-order valence-corrected chi connectivity index (χ4v) is 3.08. The van der Waals surface area contributed by atoms with E-state index in [9.17, 15) is 9.59 Å². The van der Waals surface area contributed by atoms with Crippen molar-refractivity contribution in [3.63, 3.8) is 0 Å². The van der Waals surface area contributed by atoms with E-state index in [1.54, 1.807) is 4.90 Å². The van der Waals surface area contributed by atoms with E-state index in [1.165, 1.54) is 11.1 Å².